The Morgan fingerprint density at radius 1 is 1.18 bits per heavy atom. The molecule has 0 aromatic rings. The second kappa shape index (κ2) is 9.67. The van der Waals surface area contributed by atoms with E-state index in [1.807, 2.05) is 0 Å². The molecule has 0 rings (SSSR count). The average Bonchev–Trinajstić information content (AvgIpc) is 2.23. The standard InChI is InChI=1S/C15H32N2/c1-7-17(12-11-16(5)6)13-15(4)10-8-9-14(2)3/h9,15H,7-8,10-13H2,1-6H3/t15-/m0/s1. The Hall–Kier alpha value is -0.340. The SMILES string of the molecule is CCN(CCN(C)C)C[C@@H](C)CCC=C(C)C. The Morgan fingerprint density at radius 3 is 2.29 bits per heavy atom. The molecule has 0 saturated carbocycles. The normalized spacial score (nSPS) is 13.2. The molecule has 1 atom stereocenters. The third-order valence-electron chi connectivity index (χ3n) is 3.09. The van der Waals surface area contributed by atoms with Crippen LogP contribution in [0.15, 0.2) is 11.6 Å². The van der Waals surface area contributed by atoms with E-state index < -0.39 is 0 Å². The fourth-order valence-corrected chi connectivity index (χ4v) is 1.91. The first kappa shape index (κ1) is 16.7. The predicted octanol–water partition coefficient (Wildman–Crippen LogP) is 3.25. The van der Waals surface area contributed by atoms with Gasteiger partial charge >= 0.3 is 0 Å². The highest BCUT2D eigenvalue weighted by molar-refractivity contribution is 4.92. The van der Waals surface area contributed by atoms with Crippen LogP contribution in [-0.4, -0.2) is 50.1 Å². The van der Waals surface area contributed by atoms with Crippen molar-refractivity contribution in [2.45, 2.75) is 40.5 Å². The van der Waals surface area contributed by atoms with Crippen LogP contribution in [0.4, 0.5) is 0 Å². The predicted molar refractivity (Wildman–Crippen MR) is 78.5 cm³/mol. The van der Waals surface area contributed by atoms with E-state index in [9.17, 15) is 0 Å². The number of rotatable bonds is 9. The van der Waals surface area contributed by atoms with Crippen LogP contribution in [0.3, 0.4) is 0 Å². The maximum Gasteiger partial charge on any atom is 0.0109 e. The molecule has 0 saturated heterocycles. The summed E-state index contributed by atoms with van der Waals surface area (Å²) in [5.41, 5.74) is 1.44. The van der Waals surface area contributed by atoms with Crippen molar-refractivity contribution in [1.82, 2.24) is 9.80 Å². The van der Waals surface area contributed by atoms with Gasteiger partial charge in [-0.15, -0.1) is 0 Å². The molecule has 0 aliphatic carbocycles. The van der Waals surface area contributed by atoms with E-state index in [1.165, 1.54) is 38.0 Å². The van der Waals surface area contributed by atoms with Crippen LogP contribution in [0, 0.1) is 5.92 Å². The maximum absolute atomic E-state index is 2.56. The van der Waals surface area contributed by atoms with Crippen LogP contribution in [0.1, 0.15) is 40.5 Å². The van der Waals surface area contributed by atoms with Crippen LogP contribution in [-0.2, 0) is 0 Å². The summed E-state index contributed by atoms with van der Waals surface area (Å²) in [6, 6.07) is 0. The highest BCUT2D eigenvalue weighted by Crippen LogP contribution is 2.09. The first-order chi connectivity index (χ1) is 7.95. The molecule has 0 bridgehead atoms. The third-order valence-corrected chi connectivity index (χ3v) is 3.09. The Balaban J connectivity index is 3.81. The first-order valence-corrected chi connectivity index (χ1v) is 6.96. The van der Waals surface area contributed by atoms with Crippen molar-refractivity contribution in [3.63, 3.8) is 0 Å². The lowest BCUT2D eigenvalue weighted by Crippen LogP contribution is -2.34. The Kier molecular flexibility index (Phi) is 9.47. The molecule has 0 radical (unpaired) electrons. The number of likely N-dealkylation sites (N-methyl/N-ethyl adjacent to an activating group) is 2. The van der Waals surface area contributed by atoms with Crippen molar-refractivity contribution in [2.75, 3.05) is 40.3 Å². The molecule has 0 heterocycles. The molecule has 0 aromatic heterocycles. The lowest BCUT2D eigenvalue weighted by atomic mass is 10.0. The molecule has 0 spiro atoms. The Morgan fingerprint density at radius 2 is 1.82 bits per heavy atom. The summed E-state index contributed by atoms with van der Waals surface area (Å²) in [5, 5.41) is 0. The average molecular weight is 240 g/mol. The van der Waals surface area contributed by atoms with Gasteiger partial charge in [0.2, 0.25) is 0 Å². The number of hydrogen-bond donors (Lipinski definition) is 0. The minimum Gasteiger partial charge on any atom is -0.308 e. The summed E-state index contributed by atoms with van der Waals surface area (Å²) in [7, 11) is 4.29. The fraction of sp³-hybridized carbons (Fsp3) is 0.867. The maximum atomic E-state index is 2.56. The van der Waals surface area contributed by atoms with Crippen LogP contribution in [0.5, 0.6) is 0 Å². The molecular weight excluding hydrogens is 208 g/mol. The van der Waals surface area contributed by atoms with E-state index in [4.69, 9.17) is 0 Å². The zero-order valence-corrected chi connectivity index (χ0v) is 12.8. The quantitative estimate of drug-likeness (QED) is 0.571. The molecule has 0 fully saturated rings. The zero-order chi connectivity index (χ0) is 13.3. The topological polar surface area (TPSA) is 6.48 Å². The van der Waals surface area contributed by atoms with Crippen molar-refractivity contribution in [2.24, 2.45) is 5.92 Å². The van der Waals surface area contributed by atoms with E-state index in [0.717, 1.165) is 12.5 Å². The van der Waals surface area contributed by atoms with Gasteiger partial charge < -0.3 is 9.80 Å². The first-order valence-electron chi connectivity index (χ1n) is 6.96. The molecule has 0 aliphatic rings. The van der Waals surface area contributed by atoms with Gasteiger partial charge in [0.05, 0.1) is 0 Å². The van der Waals surface area contributed by atoms with Gasteiger partial charge in [-0.1, -0.05) is 25.5 Å². The molecule has 102 valence electrons. The lowest BCUT2D eigenvalue weighted by molar-refractivity contribution is 0.219. The second-order valence-corrected chi connectivity index (χ2v) is 5.66. The molecule has 0 amide bonds. The smallest absolute Gasteiger partial charge is 0.0109 e. The van der Waals surface area contributed by atoms with Crippen molar-refractivity contribution < 1.29 is 0 Å². The van der Waals surface area contributed by atoms with E-state index >= 15 is 0 Å². The highest BCUT2D eigenvalue weighted by Gasteiger charge is 2.08. The molecule has 0 unspecified atom stereocenters. The number of allylic oxidation sites excluding steroid dienone is 2. The monoisotopic (exact) mass is 240 g/mol. The summed E-state index contributed by atoms with van der Waals surface area (Å²) >= 11 is 0. The zero-order valence-electron chi connectivity index (χ0n) is 12.8. The molecule has 2 nitrogen and oxygen atoms in total. The van der Waals surface area contributed by atoms with Gasteiger partial charge in [0, 0.05) is 19.6 Å². The fourth-order valence-electron chi connectivity index (χ4n) is 1.91. The molecule has 2 heteroatoms. The van der Waals surface area contributed by atoms with Gasteiger partial charge in [0.15, 0.2) is 0 Å². The van der Waals surface area contributed by atoms with Crippen molar-refractivity contribution >= 4 is 0 Å². The van der Waals surface area contributed by atoms with Crippen molar-refractivity contribution in [3.05, 3.63) is 11.6 Å². The molecule has 0 aromatic carbocycles. The summed E-state index contributed by atoms with van der Waals surface area (Å²) in [4.78, 5) is 4.82. The largest absolute Gasteiger partial charge is 0.308 e. The van der Waals surface area contributed by atoms with Crippen LogP contribution in [0.2, 0.25) is 0 Å². The van der Waals surface area contributed by atoms with Gasteiger partial charge in [0.1, 0.15) is 0 Å². The minimum atomic E-state index is 0.799. The van der Waals surface area contributed by atoms with Gasteiger partial charge in [-0.25, -0.2) is 0 Å². The number of nitrogens with zero attached hydrogens (tertiary/aromatic N) is 2. The molecule has 0 N–H and O–H groups in total. The van der Waals surface area contributed by atoms with Crippen LogP contribution >= 0.6 is 0 Å². The molecule has 17 heavy (non-hydrogen) atoms. The third kappa shape index (κ3) is 10.5. The number of hydrogen-bond acceptors (Lipinski definition) is 2. The molecule has 0 aliphatic heterocycles. The van der Waals surface area contributed by atoms with Crippen LogP contribution < -0.4 is 0 Å². The van der Waals surface area contributed by atoms with Gasteiger partial charge in [-0.3, -0.25) is 0 Å². The summed E-state index contributed by atoms with van der Waals surface area (Å²) < 4.78 is 0. The van der Waals surface area contributed by atoms with Gasteiger partial charge in [-0.2, -0.15) is 0 Å². The molecular formula is C15H32N2. The van der Waals surface area contributed by atoms with E-state index in [-0.39, 0.29) is 0 Å². The Labute approximate surface area is 109 Å². The van der Waals surface area contributed by atoms with E-state index in [2.05, 4.69) is 57.7 Å². The van der Waals surface area contributed by atoms with Gasteiger partial charge in [-0.05, 0) is 53.2 Å². The van der Waals surface area contributed by atoms with E-state index in [0.29, 0.717) is 0 Å². The summed E-state index contributed by atoms with van der Waals surface area (Å²) in [6.45, 7) is 13.8. The van der Waals surface area contributed by atoms with Crippen molar-refractivity contribution in [1.29, 1.82) is 0 Å². The summed E-state index contributed by atoms with van der Waals surface area (Å²) in [6.07, 6.45) is 4.89. The highest BCUT2D eigenvalue weighted by atomic mass is 15.2. The van der Waals surface area contributed by atoms with Gasteiger partial charge in [0.25, 0.3) is 0 Å². The summed E-state index contributed by atoms with van der Waals surface area (Å²) in [5.74, 6) is 0.799. The second-order valence-electron chi connectivity index (χ2n) is 5.66. The van der Waals surface area contributed by atoms with Crippen LogP contribution in [0.25, 0.3) is 0 Å². The Bertz CT molecular complexity index is 205. The van der Waals surface area contributed by atoms with E-state index in [1.54, 1.807) is 0 Å². The lowest BCUT2D eigenvalue weighted by Gasteiger charge is -2.25. The van der Waals surface area contributed by atoms with Crippen molar-refractivity contribution in [3.8, 4) is 0 Å². The minimum absolute atomic E-state index is 0.799.